The summed E-state index contributed by atoms with van der Waals surface area (Å²) in [6.45, 7) is 28.4. The van der Waals surface area contributed by atoms with Crippen LogP contribution < -0.4 is 21.5 Å². The van der Waals surface area contributed by atoms with Crippen LogP contribution in [0.5, 0.6) is 0 Å². The van der Waals surface area contributed by atoms with E-state index in [0.29, 0.717) is 0 Å². The minimum Gasteiger partial charge on any atom is -0.470 e. The summed E-state index contributed by atoms with van der Waals surface area (Å²) in [5, 5.41) is 3.56. The zero-order valence-electron chi connectivity index (χ0n) is 39.5. The Morgan fingerprint density at radius 3 is 2.00 bits per heavy atom. The molecule has 0 bridgehead atoms. The Kier molecular flexibility index (Phi) is 8.65. The highest BCUT2D eigenvalue weighted by Crippen LogP contribution is 2.51. The topological polar surface area (TPSA) is 29.5 Å². The van der Waals surface area contributed by atoms with Crippen molar-refractivity contribution in [2.45, 2.75) is 136 Å². The summed E-state index contributed by atoms with van der Waals surface area (Å²) in [5.41, 5.74) is 21.4. The van der Waals surface area contributed by atoms with Gasteiger partial charge in [0.25, 0.3) is 6.71 Å². The summed E-state index contributed by atoms with van der Waals surface area (Å²) in [7, 11) is 0. The van der Waals surface area contributed by atoms with Crippen LogP contribution in [0.25, 0.3) is 32.9 Å². The normalized spacial score (nSPS) is 18.3. The number of furan rings is 2. The van der Waals surface area contributed by atoms with Gasteiger partial charge in [-0.3, -0.25) is 0 Å². The Hall–Kier alpha value is -5.48. The highest BCUT2D eigenvalue weighted by molar-refractivity contribution is 6.98. The predicted molar refractivity (Wildman–Crippen MR) is 268 cm³/mol. The number of hydrogen-bond donors (Lipinski definition) is 0. The fourth-order valence-corrected chi connectivity index (χ4v) is 11.8. The first-order valence-electron chi connectivity index (χ1n) is 23.5. The molecule has 0 spiro atoms. The number of nitrogens with zero attached hydrogens (tertiary/aromatic N) is 1. The zero-order valence-corrected chi connectivity index (χ0v) is 39.5. The molecule has 4 heterocycles. The molecule has 2 unspecified atom stereocenters. The molecule has 8 aromatic rings. The summed E-state index contributed by atoms with van der Waals surface area (Å²) in [4.78, 5) is 2.58. The van der Waals surface area contributed by atoms with Gasteiger partial charge in [0.1, 0.15) is 11.2 Å². The number of fused-ring (bicyclic) bond motifs is 10. The molecule has 0 saturated heterocycles. The van der Waals surface area contributed by atoms with Crippen LogP contribution in [0.3, 0.4) is 0 Å². The van der Waals surface area contributed by atoms with Crippen molar-refractivity contribution in [2.75, 3.05) is 4.90 Å². The van der Waals surface area contributed by atoms with Crippen LogP contribution in [0.2, 0.25) is 0 Å². The van der Waals surface area contributed by atoms with E-state index in [1.165, 1.54) is 72.2 Å². The summed E-state index contributed by atoms with van der Waals surface area (Å²) in [5.74, 6) is 0.411. The fourth-order valence-electron chi connectivity index (χ4n) is 11.8. The van der Waals surface area contributed by atoms with Gasteiger partial charge in [-0.15, -0.1) is 0 Å². The van der Waals surface area contributed by atoms with Crippen molar-refractivity contribution in [3.05, 3.63) is 154 Å². The number of anilines is 3. The van der Waals surface area contributed by atoms with Crippen molar-refractivity contribution in [1.82, 2.24) is 0 Å². The second kappa shape index (κ2) is 13.5. The predicted octanol–water partition coefficient (Wildman–Crippen LogP) is 14.3. The number of rotatable bonds is 3. The van der Waals surface area contributed by atoms with Crippen molar-refractivity contribution < 1.29 is 8.83 Å². The van der Waals surface area contributed by atoms with E-state index in [0.717, 1.165) is 58.1 Å². The molecule has 0 saturated carbocycles. The summed E-state index contributed by atoms with van der Waals surface area (Å²) >= 11 is 0. The monoisotopic (exact) mass is 827 g/mol. The molecule has 0 amide bonds. The lowest BCUT2D eigenvalue weighted by atomic mass is 9.35. The van der Waals surface area contributed by atoms with Crippen LogP contribution in [-0.2, 0) is 28.1 Å². The molecule has 318 valence electrons. The fraction of sp³-hybridized carbons (Fsp3) is 0.356. The number of aryl methyl sites for hydroxylation is 1. The van der Waals surface area contributed by atoms with E-state index in [9.17, 15) is 0 Å². The molecule has 1 aliphatic carbocycles. The van der Waals surface area contributed by atoms with Crippen molar-refractivity contribution in [1.29, 1.82) is 0 Å². The Morgan fingerprint density at radius 2 is 1.29 bits per heavy atom. The lowest BCUT2D eigenvalue weighted by Crippen LogP contribution is -2.58. The maximum atomic E-state index is 7.51. The maximum Gasteiger partial charge on any atom is 0.292 e. The Morgan fingerprint density at radius 1 is 0.635 bits per heavy atom. The van der Waals surface area contributed by atoms with E-state index in [4.69, 9.17) is 8.83 Å². The van der Waals surface area contributed by atoms with Gasteiger partial charge in [-0.1, -0.05) is 149 Å². The first-order chi connectivity index (χ1) is 29.8. The van der Waals surface area contributed by atoms with Crippen LogP contribution >= 0.6 is 0 Å². The van der Waals surface area contributed by atoms with Gasteiger partial charge < -0.3 is 13.7 Å². The molecule has 2 aromatic heterocycles. The SMILES string of the molecule is Cc1cc2c3c(c1)N(c1cccc4c1oc1ccccc14)c1cc4c(cc1B3c1oc3ccc(C(C)(C)C)cc3c1C(C(C)c1ccc(C(C)(C)C)cc1)C2)C(C)(C)CCC4(C)C. The Bertz CT molecular complexity index is 3160. The molecule has 3 aliphatic rings. The third-order valence-electron chi connectivity index (χ3n) is 15.7. The lowest BCUT2D eigenvalue weighted by molar-refractivity contribution is 0.332. The Balaban J connectivity index is 1.25. The maximum absolute atomic E-state index is 7.51. The molecule has 0 fully saturated rings. The molecule has 2 atom stereocenters. The lowest BCUT2D eigenvalue weighted by Gasteiger charge is -2.45. The third-order valence-corrected chi connectivity index (χ3v) is 15.7. The molecular weight excluding hydrogens is 765 g/mol. The standard InChI is InChI=1S/C59H62BNO2/c1-34-28-37-30-42(35(2)36-20-22-38(23-21-36)56(3,4)5)52-43-31-39(57(6,7)8)24-25-51(43)63-55(52)60-46-32-44-45(59(11,12)27-26-58(44,9)10)33-48(46)61(49(29-34)53(37)60)47-18-15-17-41-40-16-13-14-19-50(40)62-54(41)47/h13-25,28-29,31-33,35,42H,26-27,30H2,1-12H3. The molecule has 2 aliphatic heterocycles. The highest BCUT2D eigenvalue weighted by Gasteiger charge is 2.48. The van der Waals surface area contributed by atoms with Gasteiger partial charge in [0, 0.05) is 27.5 Å². The Labute approximate surface area is 375 Å². The van der Waals surface area contributed by atoms with E-state index < -0.39 is 0 Å². The minimum atomic E-state index is -0.0937. The van der Waals surface area contributed by atoms with E-state index in [1.54, 1.807) is 0 Å². The number of benzene rings is 6. The largest absolute Gasteiger partial charge is 0.470 e. The van der Waals surface area contributed by atoms with Crippen LogP contribution in [-0.4, -0.2) is 6.71 Å². The van der Waals surface area contributed by atoms with Gasteiger partial charge in [0.15, 0.2) is 5.58 Å². The number of hydrogen-bond acceptors (Lipinski definition) is 3. The molecule has 4 heteroatoms. The molecule has 0 N–H and O–H groups in total. The average Bonchev–Trinajstić information content (AvgIpc) is 3.77. The van der Waals surface area contributed by atoms with E-state index >= 15 is 0 Å². The van der Waals surface area contributed by atoms with Crippen LogP contribution in [0, 0.1) is 6.92 Å². The molecule has 3 nitrogen and oxygen atoms in total. The molecule has 11 rings (SSSR count). The third kappa shape index (κ3) is 6.13. The van der Waals surface area contributed by atoms with Gasteiger partial charge in [-0.2, -0.15) is 0 Å². The average molecular weight is 828 g/mol. The minimum absolute atomic E-state index is 0.00667. The second-order valence-corrected chi connectivity index (χ2v) is 22.9. The second-order valence-electron chi connectivity index (χ2n) is 22.9. The summed E-state index contributed by atoms with van der Waals surface area (Å²) in [6.07, 6.45) is 3.21. The van der Waals surface area contributed by atoms with Gasteiger partial charge in [-0.25, -0.2) is 0 Å². The molecule has 6 aromatic carbocycles. The smallest absolute Gasteiger partial charge is 0.292 e. The molecule has 0 radical (unpaired) electrons. The van der Waals surface area contributed by atoms with Crippen LogP contribution in [0.4, 0.5) is 17.1 Å². The van der Waals surface area contributed by atoms with E-state index in [1.807, 2.05) is 0 Å². The van der Waals surface area contributed by atoms with Gasteiger partial charge in [0.2, 0.25) is 0 Å². The molecular formula is C59H62BNO2. The molecule has 63 heavy (non-hydrogen) atoms. The first-order valence-corrected chi connectivity index (χ1v) is 23.5. The quantitative estimate of drug-likeness (QED) is 0.166. The highest BCUT2D eigenvalue weighted by atomic mass is 16.3. The van der Waals surface area contributed by atoms with E-state index in [2.05, 4.69) is 197 Å². The van der Waals surface area contributed by atoms with Crippen molar-refractivity contribution in [2.24, 2.45) is 0 Å². The van der Waals surface area contributed by atoms with Crippen LogP contribution in [0.1, 0.15) is 145 Å². The van der Waals surface area contributed by atoms with Gasteiger partial charge in [0.05, 0.1) is 11.3 Å². The number of para-hydroxylation sites is 2. The van der Waals surface area contributed by atoms with Gasteiger partial charge in [-0.05, 0) is 152 Å². The van der Waals surface area contributed by atoms with Crippen molar-refractivity contribution in [3.63, 3.8) is 0 Å². The van der Waals surface area contributed by atoms with Crippen LogP contribution in [0.15, 0.2) is 118 Å². The van der Waals surface area contributed by atoms with Crippen molar-refractivity contribution >= 4 is 73.3 Å². The first kappa shape index (κ1) is 40.3. The summed E-state index contributed by atoms with van der Waals surface area (Å²) < 4.78 is 14.4. The summed E-state index contributed by atoms with van der Waals surface area (Å²) in [6, 6.07) is 41.9. The van der Waals surface area contributed by atoms with E-state index in [-0.39, 0.29) is 40.2 Å². The zero-order chi connectivity index (χ0) is 44.1. The van der Waals surface area contributed by atoms with Gasteiger partial charge >= 0.3 is 0 Å². The van der Waals surface area contributed by atoms with Crippen molar-refractivity contribution in [3.8, 4) is 0 Å².